The van der Waals surface area contributed by atoms with Crippen LogP contribution in [0.2, 0.25) is 0 Å². The molecule has 1 aromatic heterocycles. The summed E-state index contributed by atoms with van der Waals surface area (Å²) in [6, 6.07) is 12.4. The van der Waals surface area contributed by atoms with Crippen molar-refractivity contribution in [3.63, 3.8) is 0 Å². The molecule has 3 aromatic rings. The lowest BCUT2D eigenvalue weighted by molar-refractivity contribution is 0.0728. The van der Waals surface area contributed by atoms with Gasteiger partial charge in [-0.2, -0.15) is 5.10 Å². The van der Waals surface area contributed by atoms with E-state index >= 15 is 0 Å². The van der Waals surface area contributed by atoms with Gasteiger partial charge in [-0.1, -0.05) is 17.7 Å². The van der Waals surface area contributed by atoms with Crippen LogP contribution in [0.1, 0.15) is 34.1 Å². The molecule has 1 heterocycles. The fraction of sp³-hybridized carbons (Fsp3) is 0.190. The van der Waals surface area contributed by atoms with Crippen molar-refractivity contribution in [1.82, 2.24) is 9.66 Å². The van der Waals surface area contributed by atoms with Crippen molar-refractivity contribution in [3.8, 4) is 11.5 Å². The van der Waals surface area contributed by atoms with Crippen LogP contribution in [0.3, 0.4) is 0 Å². The Balaban J connectivity index is 1.81. The molecule has 0 saturated carbocycles. The van der Waals surface area contributed by atoms with E-state index in [-0.39, 0.29) is 0 Å². The van der Waals surface area contributed by atoms with E-state index in [1.54, 1.807) is 42.7 Å². The maximum Gasteiger partial charge on any atom is 0.343 e. The number of aromatic nitrogens is 2. The van der Waals surface area contributed by atoms with Gasteiger partial charge in [0, 0.05) is 0 Å². The number of nitrogens with two attached hydrogens (primary N) is 1. The zero-order valence-corrected chi connectivity index (χ0v) is 16.0. The molecule has 2 N–H and O–H groups in total. The van der Waals surface area contributed by atoms with Gasteiger partial charge in [-0.15, -0.1) is 0 Å². The molecular weight excluding hydrogens is 356 g/mol. The van der Waals surface area contributed by atoms with Crippen LogP contribution in [0.25, 0.3) is 0 Å². The number of carbonyl (C=O) groups is 1. The molecule has 28 heavy (non-hydrogen) atoms. The van der Waals surface area contributed by atoms with Crippen molar-refractivity contribution in [2.45, 2.75) is 20.8 Å². The van der Waals surface area contributed by atoms with Crippen LogP contribution < -0.4 is 15.2 Å². The normalized spacial score (nSPS) is 11.0. The standard InChI is InChI=1S/C21H22N4O3/c1-4-27-19-11-16(12-23-25-13-15(3)24-21(25)22)7-10-18(19)28-20(26)17-8-5-14(2)6-9-17/h5-13H,4H2,1-3H3,(H2,22,24). The largest absolute Gasteiger partial charge is 0.490 e. The average molecular weight is 378 g/mol. The Morgan fingerprint density at radius 1 is 1.18 bits per heavy atom. The number of anilines is 1. The fourth-order valence-electron chi connectivity index (χ4n) is 2.53. The van der Waals surface area contributed by atoms with E-state index in [2.05, 4.69) is 10.1 Å². The molecule has 3 rings (SSSR count). The number of carbonyl (C=O) groups excluding carboxylic acids is 1. The summed E-state index contributed by atoms with van der Waals surface area (Å²) >= 11 is 0. The Bertz CT molecular complexity index is 1010. The second kappa shape index (κ2) is 8.39. The number of nitrogens with zero attached hydrogens (tertiary/aromatic N) is 3. The van der Waals surface area contributed by atoms with E-state index in [0.717, 1.165) is 16.8 Å². The van der Waals surface area contributed by atoms with E-state index in [4.69, 9.17) is 15.2 Å². The average Bonchev–Trinajstić information content (AvgIpc) is 2.99. The van der Waals surface area contributed by atoms with E-state index in [0.29, 0.717) is 29.6 Å². The molecule has 0 radical (unpaired) electrons. The number of hydrogen-bond acceptors (Lipinski definition) is 6. The molecule has 0 unspecified atom stereocenters. The van der Waals surface area contributed by atoms with Crippen LogP contribution in [0.4, 0.5) is 5.95 Å². The zero-order valence-electron chi connectivity index (χ0n) is 16.0. The Kier molecular flexibility index (Phi) is 5.74. The van der Waals surface area contributed by atoms with E-state index < -0.39 is 5.97 Å². The number of benzene rings is 2. The molecule has 0 fully saturated rings. The minimum absolute atomic E-state index is 0.308. The van der Waals surface area contributed by atoms with Crippen LogP contribution in [0.15, 0.2) is 53.8 Å². The lowest BCUT2D eigenvalue weighted by Crippen LogP contribution is -2.10. The Morgan fingerprint density at radius 3 is 2.57 bits per heavy atom. The Morgan fingerprint density at radius 2 is 1.93 bits per heavy atom. The van der Waals surface area contributed by atoms with Gasteiger partial charge < -0.3 is 15.2 Å². The van der Waals surface area contributed by atoms with Crippen molar-refractivity contribution in [1.29, 1.82) is 0 Å². The SMILES string of the molecule is CCOc1cc(C=Nn2cc(C)nc2N)ccc1OC(=O)c1ccc(C)cc1. The number of hydrogen-bond donors (Lipinski definition) is 1. The summed E-state index contributed by atoms with van der Waals surface area (Å²) in [6.07, 6.45) is 3.36. The first-order chi connectivity index (χ1) is 13.5. The molecule has 2 aromatic carbocycles. The lowest BCUT2D eigenvalue weighted by atomic mass is 10.1. The maximum atomic E-state index is 12.4. The van der Waals surface area contributed by atoms with E-state index in [1.165, 1.54) is 4.68 Å². The van der Waals surface area contributed by atoms with Crippen LogP contribution in [-0.4, -0.2) is 28.5 Å². The second-order valence-electron chi connectivity index (χ2n) is 6.22. The van der Waals surface area contributed by atoms with Crippen LogP contribution in [0.5, 0.6) is 11.5 Å². The Labute approximate surface area is 163 Å². The minimum atomic E-state index is -0.441. The van der Waals surface area contributed by atoms with Crippen molar-refractivity contribution in [2.75, 3.05) is 12.3 Å². The van der Waals surface area contributed by atoms with Gasteiger partial charge in [0.05, 0.1) is 30.3 Å². The molecule has 0 saturated heterocycles. The zero-order chi connectivity index (χ0) is 20.1. The molecule has 0 aliphatic heterocycles. The Hall–Kier alpha value is -3.61. The highest BCUT2D eigenvalue weighted by Crippen LogP contribution is 2.29. The van der Waals surface area contributed by atoms with Gasteiger partial charge in [-0.05, 0) is 56.7 Å². The minimum Gasteiger partial charge on any atom is -0.490 e. The highest BCUT2D eigenvalue weighted by Gasteiger charge is 2.13. The molecular formula is C21H22N4O3. The van der Waals surface area contributed by atoms with Gasteiger partial charge in [-0.25, -0.2) is 14.5 Å². The van der Waals surface area contributed by atoms with Gasteiger partial charge in [0.25, 0.3) is 0 Å². The lowest BCUT2D eigenvalue weighted by Gasteiger charge is -2.11. The molecule has 0 aliphatic carbocycles. The molecule has 7 heteroatoms. The van der Waals surface area contributed by atoms with Crippen molar-refractivity contribution < 1.29 is 14.3 Å². The first-order valence-electron chi connectivity index (χ1n) is 8.87. The first kappa shape index (κ1) is 19.2. The predicted molar refractivity (Wildman–Crippen MR) is 108 cm³/mol. The summed E-state index contributed by atoms with van der Waals surface area (Å²) in [4.78, 5) is 16.5. The topological polar surface area (TPSA) is 91.7 Å². The van der Waals surface area contributed by atoms with Crippen molar-refractivity contribution >= 4 is 18.1 Å². The number of esters is 1. The van der Waals surface area contributed by atoms with Crippen LogP contribution in [-0.2, 0) is 0 Å². The van der Waals surface area contributed by atoms with Gasteiger partial charge in [-0.3, -0.25) is 0 Å². The number of rotatable bonds is 6. The highest BCUT2D eigenvalue weighted by molar-refractivity contribution is 5.91. The third-order valence-corrected chi connectivity index (χ3v) is 3.92. The number of nitrogen functional groups attached to an aromatic ring is 1. The summed E-state index contributed by atoms with van der Waals surface area (Å²) in [6.45, 7) is 6.10. The summed E-state index contributed by atoms with van der Waals surface area (Å²) in [5.41, 5.74) is 8.88. The summed E-state index contributed by atoms with van der Waals surface area (Å²) in [5, 5.41) is 4.29. The molecule has 144 valence electrons. The molecule has 0 aliphatic rings. The smallest absolute Gasteiger partial charge is 0.343 e. The van der Waals surface area contributed by atoms with Crippen LogP contribution in [0, 0.1) is 13.8 Å². The van der Waals surface area contributed by atoms with Crippen LogP contribution >= 0.6 is 0 Å². The van der Waals surface area contributed by atoms with E-state index in [9.17, 15) is 4.79 Å². The predicted octanol–water partition coefficient (Wildman–Crippen LogP) is 3.58. The summed E-state index contributed by atoms with van der Waals surface area (Å²) < 4.78 is 12.6. The quantitative estimate of drug-likeness (QED) is 0.402. The number of imidazole rings is 1. The third-order valence-electron chi connectivity index (χ3n) is 3.92. The molecule has 0 atom stereocenters. The van der Waals surface area contributed by atoms with Gasteiger partial charge in [0.15, 0.2) is 11.5 Å². The monoisotopic (exact) mass is 378 g/mol. The third kappa shape index (κ3) is 4.56. The van der Waals surface area contributed by atoms with Crippen molar-refractivity contribution in [2.24, 2.45) is 5.10 Å². The second-order valence-corrected chi connectivity index (χ2v) is 6.22. The highest BCUT2D eigenvalue weighted by atomic mass is 16.6. The van der Waals surface area contributed by atoms with Gasteiger partial charge in [0.2, 0.25) is 5.95 Å². The number of aryl methyl sites for hydroxylation is 2. The van der Waals surface area contributed by atoms with Gasteiger partial charge >= 0.3 is 5.97 Å². The van der Waals surface area contributed by atoms with Gasteiger partial charge in [0.1, 0.15) is 0 Å². The molecule has 0 bridgehead atoms. The molecule has 0 spiro atoms. The van der Waals surface area contributed by atoms with E-state index in [1.807, 2.05) is 32.9 Å². The summed E-state index contributed by atoms with van der Waals surface area (Å²) in [7, 11) is 0. The molecule has 7 nitrogen and oxygen atoms in total. The van der Waals surface area contributed by atoms with Crippen molar-refractivity contribution in [3.05, 3.63) is 71.0 Å². The number of ether oxygens (including phenoxy) is 2. The summed E-state index contributed by atoms with van der Waals surface area (Å²) in [5.74, 6) is 0.677. The first-order valence-corrected chi connectivity index (χ1v) is 8.87. The maximum absolute atomic E-state index is 12.4. The fourth-order valence-corrected chi connectivity index (χ4v) is 2.53. The molecule has 0 amide bonds.